The number of nitrogens with one attached hydrogen (secondary N) is 1. The van der Waals surface area contributed by atoms with Crippen molar-refractivity contribution in [2.45, 2.75) is 59.3 Å². The predicted octanol–water partition coefficient (Wildman–Crippen LogP) is 3.12. The fourth-order valence-electron chi connectivity index (χ4n) is 2.75. The van der Waals surface area contributed by atoms with Crippen molar-refractivity contribution < 1.29 is 4.79 Å². The zero-order chi connectivity index (χ0) is 11.3. The topological polar surface area (TPSA) is 29.1 Å². The molecule has 0 aromatic rings. The fourth-order valence-corrected chi connectivity index (χ4v) is 2.75. The largest absolute Gasteiger partial charge is 0.356 e. The molecule has 0 radical (unpaired) electrons. The summed E-state index contributed by atoms with van der Waals surface area (Å²) in [7, 11) is 0. The highest BCUT2D eigenvalue weighted by Gasteiger charge is 2.28. The van der Waals surface area contributed by atoms with E-state index in [-0.39, 0.29) is 5.91 Å². The van der Waals surface area contributed by atoms with E-state index in [1.54, 1.807) is 0 Å². The molecular formula is C13H25NO. The van der Waals surface area contributed by atoms with E-state index in [0.29, 0.717) is 11.3 Å². The van der Waals surface area contributed by atoms with Gasteiger partial charge in [-0.25, -0.2) is 0 Å². The molecule has 0 aliphatic carbocycles. The molecule has 2 atom stereocenters. The van der Waals surface area contributed by atoms with E-state index < -0.39 is 0 Å². The predicted molar refractivity (Wildman–Crippen MR) is 63.7 cm³/mol. The van der Waals surface area contributed by atoms with E-state index >= 15 is 0 Å². The Labute approximate surface area is 93.8 Å². The summed E-state index contributed by atoms with van der Waals surface area (Å²) in [6.07, 6.45) is 6.93. The van der Waals surface area contributed by atoms with Gasteiger partial charge in [-0.3, -0.25) is 4.79 Å². The molecule has 0 aromatic carbocycles. The molecule has 1 saturated heterocycles. The lowest BCUT2D eigenvalue weighted by molar-refractivity contribution is -0.123. The van der Waals surface area contributed by atoms with Crippen molar-refractivity contribution in [1.29, 1.82) is 0 Å². The molecule has 0 bridgehead atoms. The summed E-state index contributed by atoms with van der Waals surface area (Å²) in [4.78, 5) is 11.3. The van der Waals surface area contributed by atoms with Crippen LogP contribution in [0.3, 0.4) is 0 Å². The lowest BCUT2D eigenvalue weighted by atomic mass is 9.73. The molecule has 2 nitrogen and oxygen atoms in total. The molecule has 0 aromatic heterocycles. The molecule has 1 amide bonds. The number of carbonyl (C=O) groups is 1. The van der Waals surface area contributed by atoms with Crippen LogP contribution in [-0.4, -0.2) is 12.5 Å². The number of piperidine rings is 1. The van der Waals surface area contributed by atoms with Crippen LogP contribution in [0.1, 0.15) is 59.3 Å². The fraction of sp³-hybridized carbons (Fsp3) is 0.923. The van der Waals surface area contributed by atoms with Crippen LogP contribution in [0.15, 0.2) is 0 Å². The highest BCUT2D eigenvalue weighted by atomic mass is 16.1. The Morgan fingerprint density at radius 3 is 2.73 bits per heavy atom. The minimum atomic E-state index is 0.251. The van der Waals surface area contributed by atoms with Gasteiger partial charge in [-0.05, 0) is 30.6 Å². The maximum Gasteiger partial charge on any atom is 0.220 e. The summed E-state index contributed by atoms with van der Waals surface area (Å²) in [6.45, 7) is 7.79. The van der Waals surface area contributed by atoms with Gasteiger partial charge in [0.25, 0.3) is 0 Å². The first-order chi connectivity index (χ1) is 7.09. The number of hydrogen-bond acceptors (Lipinski definition) is 1. The van der Waals surface area contributed by atoms with Gasteiger partial charge in [0.2, 0.25) is 5.91 Å². The lowest BCUT2D eigenvalue weighted by Crippen LogP contribution is -2.35. The van der Waals surface area contributed by atoms with Crippen molar-refractivity contribution in [1.82, 2.24) is 5.32 Å². The second-order valence-electron chi connectivity index (χ2n) is 5.33. The van der Waals surface area contributed by atoms with E-state index in [4.69, 9.17) is 0 Å². The summed E-state index contributed by atoms with van der Waals surface area (Å²) in [5, 5.41) is 2.91. The summed E-state index contributed by atoms with van der Waals surface area (Å²) in [5.41, 5.74) is 0.455. The molecule has 0 spiro atoms. The molecule has 1 rings (SSSR count). The second kappa shape index (κ2) is 5.53. The van der Waals surface area contributed by atoms with E-state index in [9.17, 15) is 4.79 Å². The summed E-state index contributed by atoms with van der Waals surface area (Å²) in [5.74, 6) is 0.872. The first-order valence-electron chi connectivity index (χ1n) is 6.36. The quantitative estimate of drug-likeness (QED) is 0.743. The Balaban J connectivity index is 2.46. The van der Waals surface area contributed by atoms with Crippen LogP contribution in [-0.2, 0) is 4.79 Å². The molecule has 1 fully saturated rings. The maximum absolute atomic E-state index is 11.3. The minimum absolute atomic E-state index is 0.251. The van der Waals surface area contributed by atoms with Crippen molar-refractivity contribution in [2.75, 3.05) is 6.54 Å². The monoisotopic (exact) mass is 211 g/mol. The van der Waals surface area contributed by atoms with E-state index in [0.717, 1.165) is 13.0 Å². The van der Waals surface area contributed by atoms with Crippen molar-refractivity contribution in [3.05, 3.63) is 0 Å². The average molecular weight is 211 g/mol. The van der Waals surface area contributed by atoms with E-state index in [2.05, 4.69) is 26.1 Å². The van der Waals surface area contributed by atoms with Crippen molar-refractivity contribution in [3.63, 3.8) is 0 Å². The summed E-state index contributed by atoms with van der Waals surface area (Å²) >= 11 is 0. The number of rotatable bonds is 5. The highest BCUT2D eigenvalue weighted by Crippen LogP contribution is 2.37. The first-order valence-corrected chi connectivity index (χ1v) is 6.36. The van der Waals surface area contributed by atoms with E-state index in [1.807, 2.05) is 0 Å². The molecule has 15 heavy (non-hydrogen) atoms. The van der Waals surface area contributed by atoms with Crippen LogP contribution in [0.2, 0.25) is 0 Å². The van der Waals surface area contributed by atoms with Gasteiger partial charge in [0, 0.05) is 13.0 Å². The van der Waals surface area contributed by atoms with Gasteiger partial charge < -0.3 is 5.32 Å². The molecule has 1 heterocycles. The SMILES string of the molecule is CCCC(C)(CC)CC1CCNC(=O)C1. The van der Waals surface area contributed by atoms with Gasteiger partial charge in [-0.1, -0.05) is 33.6 Å². The third-order valence-corrected chi connectivity index (χ3v) is 3.84. The third-order valence-electron chi connectivity index (χ3n) is 3.84. The Morgan fingerprint density at radius 1 is 1.47 bits per heavy atom. The molecule has 1 aliphatic rings. The van der Waals surface area contributed by atoms with Crippen LogP contribution in [0.5, 0.6) is 0 Å². The van der Waals surface area contributed by atoms with Crippen LogP contribution < -0.4 is 5.32 Å². The van der Waals surface area contributed by atoms with Crippen molar-refractivity contribution in [2.24, 2.45) is 11.3 Å². The van der Waals surface area contributed by atoms with E-state index in [1.165, 1.54) is 32.1 Å². The molecule has 2 unspecified atom stereocenters. The third kappa shape index (κ3) is 3.84. The van der Waals surface area contributed by atoms with Gasteiger partial charge in [0.1, 0.15) is 0 Å². The van der Waals surface area contributed by atoms with Crippen LogP contribution in [0.4, 0.5) is 0 Å². The lowest BCUT2D eigenvalue weighted by Gasteiger charge is -2.34. The number of amides is 1. The zero-order valence-corrected chi connectivity index (χ0v) is 10.4. The Bertz CT molecular complexity index is 215. The Morgan fingerprint density at radius 2 is 2.20 bits per heavy atom. The van der Waals surface area contributed by atoms with Crippen molar-refractivity contribution >= 4 is 5.91 Å². The van der Waals surface area contributed by atoms with Gasteiger partial charge in [0.15, 0.2) is 0 Å². The van der Waals surface area contributed by atoms with Gasteiger partial charge >= 0.3 is 0 Å². The van der Waals surface area contributed by atoms with Gasteiger partial charge in [-0.15, -0.1) is 0 Å². The summed E-state index contributed by atoms with van der Waals surface area (Å²) in [6, 6.07) is 0. The van der Waals surface area contributed by atoms with Crippen LogP contribution in [0, 0.1) is 11.3 Å². The highest BCUT2D eigenvalue weighted by molar-refractivity contribution is 5.76. The summed E-state index contributed by atoms with van der Waals surface area (Å²) < 4.78 is 0. The van der Waals surface area contributed by atoms with Gasteiger partial charge in [-0.2, -0.15) is 0 Å². The minimum Gasteiger partial charge on any atom is -0.356 e. The molecule has 2 heteroatoms. The molecule has 1 aliphatic heterocycles. The maximum atomic E-state index is 11.3. The molecule has 88 valence electrons. The molecule has 0 saturated carbocycles. The molecular weight excluding hydrogens is 186 g/mol. The van der Waals surface area contributed by atoms with Crippen LogP contribution in [0.25, 0.3) is 0 Å². The standard InChI is InChI=1S/C13H25NO/c1-4-7-13(3,5-2)10-11-6-8-14-12(15)9-11/h11H,4-10H2,1-3H3,(H,14,15). The number of carbonyl (C=O) groups excluding carboxylic acids is 1. The smallest absolute Gasteiger partial charge is 0.220 e. The average Bonchev–Trinajstić information content (AvgIpc) is 2.18. The first kappa shape index (κ1) is 12.5. The Kier molecular flexibility index (Phi) is 4.62. The zero-order valence-electron chi connectivity index (χ0n) is 10.4. The molecule has 1 N–H and O–H groups in total. The van der Waals surface area contributed by atoms with Crippen LogP contribution >= 0.6 is 0 Å². The number of hydrogen-bond donors (Lipinski definition) is 1. The van der Waals surface area contributed by atoms with Gasteiger partial charge in [0.05, 0.1) is 0 Å². The normalized spacial score (nSPS) is 25.8. The van der Waals surface area contributed by atoms with Crippen molar-refractivity contribution in [3.8, 4) is 0 Å². The Hall–Kier alpha value is -0.530. The second-order valence-corrected chi connectivity index (χ2v) is 5.33.